The molecular formula is C12H9F3S. The van der Waals surface area contributed by atoms with Gasteiger partial charge in [-0.25, -0.2) is 0 Å². The van der Waals surface area contributed by atoms with Crippen molar-refractivity contribution in [2.75, 3.05) is 0 Å². The molecule has 0 aliphatic carbocycles. The van der Waals surface area contributed by atoms with E-state index in [1.807, 2.05) is 31.2 Å². The minimum absolute atomic E-state index is 0.553. The second kappa shape index (κ2) is 3.94. The van der Waals surface area contributed by atoms with Crippen LogP contribution in [0.25, 0.3) is 10.4 Å². The lowest BCUT2D eigenvalue weighted by Crippen LogP contribution is -2.00. The highest BCUT2D eigenvalue weighted by molar-refractivity contribution is 7.15. The zero-order chi connectivity index (χ0) is 11.8. The van der Waals surface area contributed by atoms with Crippen molar-refractivity contribution in [3.05, 3.63) is 46.8 Å². The van der Waals surface area contributed by atoms with Crippen LogP contribution in [0.5, 0.6) is 0 Å². The Bertz CT molecular complexity index is 480. The summed E-state index contributed by atoms with van der Waals surface area (Å²) in [5.41, 5.74) is 1.92. The van der Waals surface area contributed by atoms with Gasteiger partial charge < -0.3 is 0 Å². The minimum Gasteiger partial charge on any atom is -0.165 e. The predicted octanol–water partition coefficient (Wildman–Crippen LogP) is 4.74. The molecule has 0 aliphatic heterocycles. The smallest absolute Gasteiger partial charge is 0.165 e. The molecule has 0 saturated heterocycles. The molecule has 84 valence electrons. The van der Waals surface area contributed by atoms with Gasteiger partial charge in [0.05, 0.1) is 0 Å². The monoisotopic (exact) mass is 242 g/mol. The van der Waals surface area contributed by atoms with Gasteiger partial charge in [0, 0.05) is 4.88 Å². The third-order valence-corrected chi connectivity index (χ3v) is 3.40. The number of hydrogen-bond acceptors (Lipinski definition) is 1. The van der Waals surface area contributed by atoms with E-state index in [1.54, 1.807) is 0 Å². The van der Waals surface area contributed by atoms with Crippen molar-refractivity contribution in [1.82, 2.24) is 0 Å². The van der Waals surface area contributed by atoms with E-state index in [2.05, 4.69) is 0 Å². The van der Waals surface area contributed by atoms with Crippen LogP contribution in [0.1, 0.15) is 10.4 Å². The summed E-state index contributed by atoms with van der Waals surface area (Å²) in [7, 11) is 0. The second-order valence-corrected chi connectivity index (χ2v) is 4.61. The molecule has 0 bridgehead atoms. The van der Waals surface area contributed by atoms with Gasteiger partial charge in [-0.2, -0.15) is 13.2 Å². The number of aryl methyl sites for hydroxylation is 1. The van der Waals surface area contributed by atoms with Gasteiger partial charge in [-0.1, -0.05) is 29.8 Å². The normalized spacial score (nSPS) is 11.8. The van der Waals surface area contributed by atoms with E-state index in [4.69, 9.17) is 0 Å². The van der Waals surface area contributed by atoms with Crippen molar-refractivity contribution in [3.63, 3.8) is 0 Å². The fraction of sp³-hybridized carbons (Fsp3) is 0.167. The van der Waals surface area contributed by atoms with Crippen LogP contribution in [0, 0.1) is 6.92 Å². The van der Waals surface area contributed by atoms with Gasteiger partial charge in [0.15, 0.2) is 0 Å². The Balaban J connectivity index is 2.35. The van der Waals surface area contributed by atoms with Gasteiger partial charge in [0.25, 0.3) is 0 Å². The summed E-state index contributed by atoms with van der Waals surface area (Å²) >= 11 is 0.774. The standard InChI is InChI=1S/C12H9F3S/c1-8-2-4-9(5-3-8)10-6-7-11(16-10)12(13,14)15/h2-7H,1H3. The van der Waals surface area contributed by atoms with Crippen LogP contribution in [0.15, 0.2) is 36.4 Å². The van der Waals surface area contributed by atoms with Crippen LogP contribution in [-0.2, 0) is 6.18 Å². The zero-order valence-electron chi connectivity index (χ0n) is 8.51. The molecule has 0 spiro atoms. The summed E-state index contributed by atoms with van der Waals surface area (Å²) in [6.45, 7) is 1.94. The quantitative estimate of drug-likeness (QED) is 0.677. The van der Waals surface area contributed by atoms with Crippen LogP contribution in [0.3, 0.4) is 0 Å². The van der Waals surface area contributed by atoms with Gasteiger partial charge in [0.2, 0.25) is 0 Å². The second-order valence-electron chi connectivity index (χ2n) is 3.53. The zero-order valence-corrected chi connectivity index (χ0v) is 9.32. The lowest BCUT2D eigenvalue weighted by atomic mass is 10.1. The molecule has 0 radical (unpaired) electrons. The maximum atomic E-state index is 12.4. The predicted molar refractivity (Wildman–Crippen MR) is 59.5 cm³/mol. The molecule has 4 heteroatoms. The Labute approximate surface area is 95.4 Å². The van der Waals surface area contributed by atoms with Crippen LogP contribution in [0.2, 0.25) is 0 Å². The van der Waals surface area contributed by atoms with Crippen LogP contribution >= 0.6 is 11.3 Å². The van der Waals surface area contributed by atoms with Crippen molar-refractivity contribution < 1.29 is 13.2 Å². The molecule has 0 saturated carbocycles. The van der Waals surface area contributed by atoms with E-state index in [0.717, 1.165) is 28.5 Å². The van der Waals surface area contributed by atoms with Crippen molar-refractivity contribution in [2.24, 2.45) is 0 Å². The van der Waals surface area contributed by atoms with Gasteiger partial charge in [-0.05, 0) is 24.6 Å². The lowest BCUT2D eigenvalue weighted by Gasteiger charge is -2.01. The van der Waals surface area contributed by atoms with E-state index in [-0.39, 0.29) is 0 Å². The number of alkyl halides is 3. The Morgan fingerprint density at radius 2 is 1.56 bits per heavy atom. The number of thiophene rings is 1. The fourth-order valence-corrected chi connectivity index (χ4v) is 2.24. The third-order valence-electron chi connectivity index (χ3n) is 2.22. The van der Waals surface area contributed by atoms with E-state index in [0.29, 0.717) is 4.88 Å². The van der Waals surface area contributed by atoms with Gasteiger partial charge in [0.1, 0.15) is 4.88 Å². The maximum Gasteiger partial charge on any atom is 0.425 e. The Morgan fingerprint density at radius 3 is 2.06 bits per heavy atom. The summed E-state index contributed by atoms with van der Waals surface area (Å²) in [6, 6.07) is 10.1. The van der Waals surface area contributed by atoms with E-state index >= 15 is 0 Å². The average molecular weight is 242 g/mol. The van der Waals surface area contributed by atoms with E-state index in [9.17, 15) is 13.2 Å². The first-order valence-corrected chi connectivity index (χ1v) is 5.52. The molecule has 0 atom stereocenters. The molecule has 0 N–H and O–H groups in total. The molecule has 2 rings (SSSR count). The number of hydrogen-bond donors (Lipinski definition) is 0. The molecule has 1 heterocycles. The molecular weight excluding hydrogens is 233 g/mol. The first-order valence-electron chi connectivity index (χ1n) is 4.71. The van der Waals surface area contributed by atoms with Crippen LogP contribution in [-0.4, -0.2) is 0 Å². The highest BCUT2D eigenvalue weighted by atomic mass is 32.1. The number of halogens is 3. The minimum atomic E-state index is -4.24. The summed E-state index contributed by atoms with van der Waals surface area (Å²) in [5, 5.41) is 0. The summed E-state index contributed by atoms with van der Waals surface area (Å²) in [5.74, 6) is 0. The summed E-state index contributed by atoms with van der Waals surface area (Å²) in [4.78, 5) is 0.0930. The van der Waals surface area contributed by atoms with Gasteiger partial charge >= 0.3 is 6.18 Å². The molecule has 0 amide bonds. The van der Waals surface area contributed by atoms with Crippen molar-refractivity contribution in [1.29, 1.82) is 0 Å². The molecule has 1 aromatic heterocycles. The molecule has 2 aromatic rings. The number of benzene rings is 1. The first-order chi connectivity index (χ1) is 7.47. The number of rotatable bonds is 1. The Kier molecular flexibility index (Phi) is 2.76. The van der Waals surface area contributed by atoms with E-state index in [1.165, 1.54) is 6.07 Å². The van der Waals surface area contributed by atoms with Crippen LogP contribution in [0.4, 0.5) is 13.2 Å². The highest BCUT2D eigenvalue weighted by Crippen LogP contribution is 2.38. The topological polar surface area (TPSA) is 0 Å². The fourth-order valence-electron chi connectivity index (χ4n) is 1.36. The first kappa shape index (κ1) is 11.2. The molecule has 16 heavy (non-hydrogen) atoms. The Hall–Kier alpha value is -1.29. The third kappa shape index (κ3) is 2.27. The van der Waals surface area contributed by atoms with Gasteiger partial charge in [-0.3, -0.25) is 0 Å². The molecule has 1 aromatic carbocycles. The summed E-state index contributed by atoms with van der Waals surface area (Å²) in [6.07, 6.45) is -4.24. The average Bonchev–Trinajstić information content (AvgIpc) is 2.67. The molecule has 0 fully saturated rings. The summed E-state index contributed by atoms with van der Waals surface area (Å²) < 4.78 is 37.2. The molecule has 0 aliphatic rings. The van der Waals surface area contributed by atoms with E-state index < -0.39 is 11.1 Å². The SMILES string of the molecule is Cc1ccc(-c2ccc(C(F)(F)F)s2)cc1. The van der Waals surface area contributed by atoms with Crippen molar-refractivity contribution >= 4 is 11.3 Å². The largest absolute Gasteiger partial charge is 0.425 e. The van der Waals surface area contributed by atoms with Crippen molar-refractivity contribution in [2.45, 2.75) is 13.1 Å². The maximum absolute atomic E-state index is 12.4. The van der Waals surface area contributed by atoms with Crippen molar-refractivity contribution in [3.8, 4) is 10.4 Å². The molecule has 0 unspecified atom stereocenters. The van der Waals surface area contributed by atoms with Gasteiger partial charge in [-0.15, -0.1) is 11.3 Å². The van der Waals surface area contributed by atoms with Crippen LogP contribution < -0.4 is 0 Å². The lowest BCUT2D eigenvalue weighted by molar-refractivity contribution is -0.134. The molecule has 0 nitrogen and oxygen atoms in total. The highest BCUT2D eigenvalue weighted by Gasteiger charge is 2.32. The Morgan fingerprint density at radius 1 is 0.938 bits per heavy atom.